The second-order valence-corrected chi connectivity index (χ2v) is 5.53. The van der Waals surface area contributed by atoms with E-state index in [1.807, 2.05) is 7.05 Å². The molecule has 0 aliphatic heterocycles. The van der Waals surface area contributed by atoms with Crippen molar-refractivity contribution in [1.29, 1.82) is 0 Å². The Hall–Kier alpha value is -0.410. The Bertz CT molecular complexity index is 289. The Morgan fingerprint density at radius 3 is 2.57 bits per heavy atom. The van der Waals surface area contributed by atoms with Gasteiger partial charge >= 0.3 is 0 Å². The van der Waals surface area contributed by atoms with E-state index in [2.05, 4.69) is 43.4 Å². The summed E-state index contributed by atoms with van der Waals surface area (Å²) in [6.45, 7) is 8.76. The molecule has 0 bridgehead atoms. The standard InChI is InChI=1S/C11H20N2S/c1-8(2)10-13-9(7-14-10)6-11(3,4)12-5/h7-8,12H,6H2,1-5H3. The molecule has 0 saturated carbocycles. The maximum Gasteiger partial charge on any atom is 0.0953 e. The van der Waals surface area contributed by atoms with E-state index in [1.54, 1.807) is 11.3 Å². The first kappa shape index (κ1) is 11.7. The number of likely N-dealkylation sites (N-methyl/N-ethyl adjacent to an activating group) is 1. The molecular formula is C11H20N2S. The molecule has 0 unspecified atom stereocenters. The van der Waals surface area contributed by atoms with Crippen molar-refractivity contribution in [2.45, 2.75) is 45.6 Å². The Balaban J connectivity index is 2.69. The van der Waals surface area contributed by atoms with Crippen molar-refractivity contribution in [3.63, 3.8) is 0 Å². The Labute approximate surface area is 90.8 Å². The van der Waals surface area contributed by atoms with Crippen LogP contribution in [0.25, 0.3) is 0 Å². The van der Waals surface area contributed by atoms with Crippen molar-refractivity contribution in [3.8, 4) is 0 Å². The van der Waals surface area contributed by atoms with Gasteiger partial charge in [-0.25, -0.2) is 4.98 Å². The van der Waals surface area contributed by atoms with Crippen molar-refractivity contribution in [3.05, 3.63) is 16.1 Å². The maximum atomic E-state index is 4.62. The molecule has 14 heavy (non-hydrogen) atoms. The fourth-order valence-electron chi connectivity index (χ4n) is 1.21. The average molecular weight is 212 g/mol. The highest BCUT2D eigenvalue weighted by atomic mass is 32.1. The lowest BCUT2D eigenvalue weighted by molar-refractivity contribution is 0.418. The van der Waals surface area contributed by atoms with Gasteiger partial charge in [0.05, 0.1) is 10.7 Å². The minimum Gasteiger partial charge on any atom is -0.314 e. The zero-order valence-electron chi connectivity index (χ0n) is 9.72. The Kier molecular flexibility index (Phi) is 3.67. The third kappa shape index (κ3) is 3.07. The van der Waals surface area contributed by atoms with Crippen LogP contribution in [-0.4, -0.2) is 17.6 Å². The van der Waals surface area contributed by atoms with E-state index in [9.17, 15) is 0 Å². The second kappa shape index (κ2) is 4.41. The van der Waals surface area contributed by atoms with E-state index in [0.29, 0.717) is 5.92 Å². The molecule has 0 fully saturated rings. The first-order valence-corrected chi connectivity index (χ1v) is 5.96. The van der Waals surface area contributed by atoms with Gasteiger partial charge in [0.25, 0.3) is 0 Å². The monoisotopic (exact) mass is 212 g/mol. The molecule has 1 N–H and O–H groups in total. The van der Waals surface area contributed by atoms with E-state index < -0.39 is 0 Å². The van der Waals surface area contributed by atoms with Crippen LogP contribution in [0.4, 0.5) is 0 Å². The van der Waals surface area contributed by atoms with Gasteiger partial charge in [0, 0.05) is 23.3 Å². The van der Waals surface area contributed by atoms with Crippen LogP contribution in [0.2, 0.25) is 0 Å². The summed E-state index contributed by atoms with van der Waals surface area (Å²) < 4.78 is 0. The number of nitrogens with one attached hydrogen (secondary N) is 1. The zero-order chi connectivity index (χ0) is 10.8. The smallest absolute Gasteiger partial charge is 0.0953 e. The van der Waals surface area contributed by atoms with Gasteiger partial charge in [-0.1, -0.05) is 13.8 Å². The van der Waals surface area contributed by atoms with Crippen molar-refractivity contribution < 1.29 is 0 Å². The molecule has 0 spiro atoms. The van der Waals surface area contributed by atoms with Crippen LogP contribution >= 0.6 is 11.3 Å². The molecule has 1 aromatic rings. The molecule has 3 heteroatoms. The lowest BCUT2D eigenvalue weighted by Gasteiger charge is -2.22. The van der Waals surface area contributed by atoms with Gasteiger partial charge in [0.2, 0.25) is 0 Å². The normalized spacial score (nSPS) is 12.4. The topological polar surface area (TPSA) is 24.9 Å². The minimum absolute atomic E-state index is 0.141. The van der Waals surface area contributed by atoms with E-state index in [-0.39, 0.29) is 5.54 Å². The fourth-order valence-corrected chi connectivity index (χ4v) is 2.05. The third-order valence-corrected chi connectivity index (χ3v) is 3.56. The van der Waals surface area contributed by atoms with Crippen molar-refractivity contribution in [1.82, 2.24) is 10.3 Å². The van der Waals surface area contributed by atoms with Crippen LogP contribution in [-0.2, 0) is 6.42 Å². The highest BCUT2D eigenvalue weighted by molar-refractivity contribution is 7.09. The lowest BCUT2D eigenvalue weighted by Crippen LogP contribution is -2.38. The molecule has 80 valence electrons. The molecule has 0 radical (unpaired) electrons. The van der Waals surface area contributed by atoms with Gasteiger partial charge in [0.15, 0.2) is 0 Å². The number of rotatable bonds is 4. The van der Waals surface area contributed by atoms with Crippen LogP contribution in [0.15, 0.2) is 5.38 Å². The molecule has 0 atom stereocenters. The maximum absolute atomic E-state index is 4.62. The van der Waals surface area contributed by atoms with Crippen LogP contribution in [0, 0.1) is 0 Å². The summed E-state index contributed by atoms with van der Waals surface area (Å²) in [5, 5.41) is 6.71. The predicted molar refractivity (Wildman–Crippen MR) is 63.0 cm³/mol. The van der Waals surface area contributed by atoms with Gasteiger partial charge < -0.3 is 5.32 Å². The van der Waals surface area contributed by atoms with Crippen LogP contribution < -0.4 is 5.32 Å². The largest absolute Gasteiger partial charge is 0.314 e. The van der Waals surface area contributed by atoms with Gasteiger partial charge in [-0.2, -0.15) is 0 Å². The summed E-state index contributed by atoms with van der Waals surface area (Å²) in [6, 6.07) is 0. The average Bonchev–Trinajstić information content (AvgIpc) is 2.52. The minimum atomic E-state index is 0.141. The summed E-state index contributed by atoms with van der Waals surface area (Å²) in [4.78, 5) is 4.62. The molecule has 0 saturated heterocycles. The van der Waals surface area contributed by atoms with Crippen LogP contribution in [0.5, 0.6) is 0 Å². The van der Waals surface area contributed by atoms with E-state index >= 15 is 0 Å². The third-order valence-electron chi connectivity index (χ3n) is 2.36. The molecule has 0 amide bonds. The first-order chi connectivity index (χ1) is 6.44. The second-order valence-electron chi connectivity index (χ2n) is 4.64. The van der Waals surface area contributed by atoms with E-state index in [0.717, 1.165) is 6.42 Å². The number of nitrogens with zero attached hydrogens (tertiary/aromatic N) is 1. The van der Waals surface area contributed by atoms with Gasteiger partial charge in [-0.15, -0.1) is 11.3 Å². The van der Waals surface area contributed by atoms with Gasteiger partial charge in [-0.3, -0.25) is 0 Å². The quantitative estimate of drug-likeness (QED) is 0.830. The SMILES string of the molecule is CNC(C)(C)Cc1csc(C(C)C)n1. The van der Waals surface area contributed by atoms with E-state index in [1.165, 1.54) is 10.7 Å². The molecule has 0 aliphatic rings. The highest BCUT2D eigenvalue weighted by Crippen LogP contribution is 2.21. The molecule has 0 aliphatic carbocycles. The summed E-state index contributed by atoms with van der Waals surface area (Å²) in [6.07, 6.45) is 0.993. The number of hydrogen-bond acceptors (Lipinski definition) is 3. The van der Waals surface area contributed by atoms with Crippen molar-refractivity contribution in [2.75, 3.05) is 7.05 Å². The summed E-state index contributed by atoms with van der Waals surface area (Å²) in [5.74, 6) is 0.548. The number of aromatic nitrogens is 1. The molecule has 1 rings (SSSR count). The van der Waals surface area contributed by atoms with Crippen LogP contribution in [0.1, 0.15) is 44.3 Å². The van der Waals surface area contributed by atoms with Gasteiger partial charge in [0.1, 0.15) is 0 Å². The number of thiazole rings is 1. The summed E-state index contributed by atoms with van der Waals surface area (Å²) >= 11 is 1.77. The van der Waals surface area contributed by atoms with E-state index in [4.69, 9.17) is 0 Å². The van der Waals surface area contributed by atoms with Gasteiger partial charge in [-0.05, 0) is 20.9 Å². The fraction of sp³-hybridized carbons (Fsp3) is 0.727. The highest BCUT2D eigenvalue weighted by Gasteiger charge is 2.17. The molecule has 1 heterocycles. The summed E-state index contributed by atoms with van der Waals surface area (Å²) in [5.41, 5.74) is 1.35. The molecule has 0 aromatic carbocycles. The van der Waals surface area contributed by atoms with Crippen LogP contribution in [0.3, 0.4) is 0 Å². The predicted octanol–water partition coefficient (Wildman–Crippen LogP) is 2.81. The lowest BCUT2D eigenvalue weighted by atomic mass is 9.99. The first-order valence-electron chi connectivity index (χ1n) is 5.08. The molecule has 1 aromatic heterocycles. The Morgan fingerprint density at radius 1 is 1.50 bits per heavy atom. The summed E-state index contributed by atoms with van der Waals surface area (Å²) in [7, 11) is 2.00. The zero-order valence-corrected chi connectivity index (χ0v) is 10.5. The van der Waals surface area contributed by atoms with Crippen molar-refractivity contribution in [2.24, 2.45) is 0 Å². The van der Waals surface area contributed by atoms with Crippen molar-refractivity contribution >= 4 is 11.3 Å². The molecular weight excluding hydrogens is 192 g/mol. The Morgan fingerprint density at radius 2 is 2.14 bits per heavy atom. The molecule has 2 nitrogen and oxygen atoms in total. The number of hydrogen-bond donors (Lipinski definition) is 1.